The maximum absolute atomic E-state index is 3.69. The van der Waals surface area contributed by atoms with Gasteiger partial charge in [-0.3, -0.25) is 0 Å². The minimum atomic E-state index is 0.426. The molecule has 0 aliphatic heterocycles. The summed E-state index contributed by atoms with van der Waals surface area (Å²) < 4.78 is 1.21. The van der Waals surface area contributed by atoms with Gasteiger partial charge in [0, 0.05) is 21.9 Å². The van der Waals surface area contributed by atoms with Crippen molar-refractivity contribution in [1.82, 2.24) is 5.32 Å². The first-order valence-corrected chi connectivity index (χ1v) is 8.34. The lowest BCUT2D eigenvalue weighted by Crippen LogP contribution is -2.22. The molecule has 1 unspecified atom stereocenters. The zero-order valence-electron chi connectivity index (χ0n) is 11.4. The van der Waals surface area contributed by atoms with Crippen LogP contribution in [0.25, 0.3) is 0 Å². The lowest BCUT2D eigenvalue weighted by molar-refractivity contribution is 0.430. The monoisotopic (exact) mass is 337 g/mol. The molecule has 0 aliphatic rings. The first kappa shape index (κ1) is 14.8. The van der Waals surface area contributed by atoms with Crippen LogP contribution in [-0.2, 0) is 6.54 Å². The summed E-state index contributed by atoms with van der Waals surface area (Å²) in [6, 6.07) is 13.3. The summed E-state index contributed by atoms with van der Waals surface area (Å²) in [6.07, 6.45) is 1.16. The van der Waals surface area contributed by atoms with E-state index >= 15 is 0 Å². The number of hydrogen-bond acceptors (Lipinski definition) is 2. The van der Waals surface area contributed by atoms with Gasteiger partial charge in [-0.15, -0.1) is 11.3 Å². The van der Waals surface area contributed by atoms with Gasteiger partial charge in [0.2, 0.25) is 0 Å². The van der Waals surface area contributed by atoms with Crippen LogP contribution in [-0.4, -0.2) is 0 Å². The highest BCUT2D eigenvalue weighted by molar-refractivity contribution is 9.10. The molecule has 1 aromatic heterocycles. The first-order valence-electron chi connectivity index (χ1n) is 6.67. The first-order chi connectivity index (χ1) is 9.16. The van der Waals surface area contributed by atoms with Gasteiger partial charge in [0.25, 0.3) is 0 Å². The largest absolute Gasteiger partial charge is 0.305 e. The molecule has 19 heavy (non-hydrogen) atoms. The highest BCUT2D eigenvalue weighted by atomic mass is 79.9. The molecule has 3 heteroatoms. The fourth-order valence-electron chi connectivity index (χ4n) is 2.16. The predicted molar refractivity (Wildman–Crippen MR) is 87.5 cm³/mol. The predicted octanol–water partition coefficient (Wildman–Crippen LogP) is 5.39. The van der Waals surface area contributed by atoms with E-state index in [1.165, 1.54) is 14.9 Å². The molecular formula is C16H20BrNS. The van der Waals surface area contributed by atoms with E-state index in [0.717, 1.165) is 13.0 Å². The van der Waals surface area contributed by atoms with Crippen molar-refractivity contribution in [2.45, 2.75) is 32.9 Å². The van der Waals surface area contributed by atoms with E-state index in [0.29, 0.717) is 12.0 Å². The Kier molecular flexibility index (Phi) is 5.61. The van der Waals surface area contributed by atoms with Crippen LogP contribution in [0.2, 0.25) is 0 Å². The fraction of sp³-hybridized carbons (Fsp3) is 0.375. The Hall–Kier alpha value is -0.640. The summed E-state index contributed by atoms with van der Waals surface area (Å²) in [5.74, 6) is 0.685. The van der Waals surface area contributed by atoms with Gasteiger partial charge in [0.1, 0.15) is 0 Å². The Morgan fingerprint density at radius 1 is 1.16 bits per heavy atom. The number of thiophene rings is 1. The van der Waals surface area contributed by atoms with Crippen LogP contribution in [0.15, 0.2) is 46.3 Å². The highest BCUT2D eigenvalue weighted by Crippen LogP contribution is 2.25. The Morgan fingerprint density at radius 2 is 1.89 bits per heavy atom. The second-order valence-electron chi connectivity index (χ2n) is 5.17. The van der Waals surface area contributed by atoms with E-state index in [9.17, 15) is 0 Å². The third kappa shape index (κ3) is 4.44. The molecule has 0 saturated carbocycles. The third-order valence-electron chi connectivity index (χ3n) is 3.11. The van der Waals surface area contributed by atoms with Crippen molar-refractivity contribution >= 4 is 27.3 Å². The van der Waals surface area contributed by atoms with Gasteiger partial charge < -0.3 is 5.32 Å². The van der Waals surface area contributed by atoms with Crippen molar-refractivity contribution in [2.75, 3.05) is 0 Å². The maximum atomic E-state index is 3.69. The molecule has 0 spiro atoms. The summed E-state index contributed by atoms with van der Waals surface area (Å²) in [6.45, 7) is 5.47. The molecule has 0 radical (unpaired) electrons. The van der Waals surface area contributed by atoms with Gasteiger partial charge in [-0.2, -0.15) is 0 Å². The van der Waals surface area contributed by atoms with Gasteiger partial charge in [-0.1, -0.05) is 44.2 Å². The molecule has 1 N–H and O–H groups in total. The van der Waals surface area contributed by atoms with Crippen LogP contribution in [0.3, 0.4) is 0 Å². The lowest BCUT2D eigenvalue weighted by atomic mass is 9.97. The maximum Gasteiger partial charge on any atom is 0.0327 e. The summed E-state index contributed by atoms with van der Waals surface area (Å²) in [5.41, 5.74) is 1.38. The smallest absolute Gasteiger partial charge is 0.0327 e. The van der Waals surface area contributed by atoms with Crippen LogP contribution in [0, 0.1) is 5.92 Å². The van der Waals surface area contributed by atoms with E-state index in [1.54, 1.807) is 11.3 Å². The molecule has 2 aromatic rings. The minimum Gasteiger partial charge on any atom is -0.305 e. The second-order valence-corrected chi connectivity index (χ2v) is 7.02. The van der Waals surface area contributed by atoms with Gasteiger partial charge in [0.05, 0.1) is 0 Å². The quantitative estimate of drug-likeness (QED) is 0.745. The molecule has 1 heterocycles. The summed E-state index contributed by atoms with van der Waals surface area (Å²) >= 11 is 5.39. The molecule has 102 valence electrons. The zero-order chi connectivity index (χ0) is 13.7. The molecule has 1 nitrogen and oxygen atoms in total. The molecule has 1 atom stereocenters. The van der Waals surface area contributed by atoms with Crippen molar-refractivity contribution < 1.29 is 0 Å². The number of nitrogens with one attached hydrogen (secondary N) is 1. The zero-order valence-corrected chi connectivity index (χ0v) is 13.8. The molecular weight excluding hydrogens is 318 g/mol. The van der Waals surface area contributed by atoms with Crippen molar-refractivity contribution in [3.8, 4) is 0 Å². The standard InChI is InChI=1S/C16H20BrNS/c1-12(2)10-15(13-6-4-3-5-7-13)18-11-16-14(17)8-9-19-16/h3-9,12,15,18H,10-11H2,1-2H3. The lowest BCUT2D eigenvalue weighted by Gasteiger charge is -2.21. The fourth-order valence-corrected chi connectivity index (χ4v) is 3.60. The van der Waals surface area contributed by atoms with E-state index in [4.69, 9.17) is 0 Å². The topological polar surface area (TPSA) is 12.0 Å². The van der Waals surface area contributed by atoms with Crippen molar-refractivity contribution in [3.63, 3.8) is 0 Å². The molecule has 0 saturated heterocycles. The minimum absolute atomic E-state index is 0.426. The Balaban J connectivity index is 2.04. The van der Waals surface area contributed by atoms with Crippen LogP contribution in [0.4, 0.5) is 0 Å². The van der Waals surface area contributed by atoms with Crippen LogP contribution in [0.1, 0.15) is 36.8 Å². The molecule has 1 aromatic carbocycles. The summed E-state index contributed by atoms with van der Waals surface area (Å²) in [4.78, 5) is 1.37. The molecule has 2 rings (SSSR count). The van der Waals surface area contributed by atoms with Gasteiger partial charge in [0.15, 0.2) is 0 Å². The van der Waals surface area contributed by atoms with E-state index in [-0.39, 0.29) is 0 Å². The third-order valence-corrected chi connectivity index (χ3v) is 5.04. The van der Waals surface area contributed by atoms with Crippen LogP contribution < -0.4 is 5.32 Å². The molecule has 0 amide bonds. The number of halogens is 1. The average Bonchev–Trinajstić information content (AvgIpc) is 2.81. The Bertz CT molecular complexity index is 492. The van der Waals surface area contributed by atoms with Gasteiger partial charge >= 0.3 is 0 Å². The Morgan fingerprint density at radius 3 is 2.47 bits per heavy atom. The number of rotatable bonds is 6. The summed E-state index contributed by atoms with van der Waals surface area (Å²) in [5, 5.41) is 5.82. The number of benzene rings is 1. The van der Waals surface area contributed by atoms with E-state index in [2.05, 4.69) is 76.9 Å². The summed E-state index contributed by atoms with van der Waals surface area (Å²) in [7, 11) is 0. The normalized spacial score (nSPS) is 12.8. The van der Waals surface area contributed by atoms with Crippen molar-refractivity contribution in [3.05, 3.63) is 56.7 Å². The van der Waals surface area contributed by atoms with Crippen molar-refractivity contribution in [1.29, 1.82) is 0 Å². The Labute approximate surface area is 128 Å². The molecule has 0 aliphatic carbocycles. The van der Waals surface area contributed by atoms with Crippen molar-refractivity contribution in [2.24, 2.45) is 5.92 Å². The second kappa shape index (κ2) is 7.22. The van der Waals surface area contributed by atoms with Crippen LogP contribution in [0.5, 0.6) is 0 Å². The van der Waals surface area contributed by atoms with Gasteiger partial charge in [-0.05, 0) is 45.3 Å². The van der Waals surface area contributed by atoms with E-state index in [1.807, 2.05) is 0 Å². The van der Waals surface area contributed by atoms with E-state index < -0.39 is 0 Å². The molecule has 0 fully saturated rings. The van der Waals surface area contributed by atoms with Gasteiger partial charge in [-0.25, -0.2) is 0 Å². The average molecular weight is 338 g/mol. The molecule has 0 bridgehead atoms. The SMILES string of the molecule is CC(C)CC(NCc1sccc1Br)c1ccccc1. The highest BCUT2D eigenvalue weighted by Gasteiger charge is 2.13. The number of hydrogen-bond donors (Lipinski definition) is 1. The van der Waals surface area contributed by atoms with Crippen LogP contribution >= 0.6 is 27.3 Å².